The van der Waals surface area contributed by atoms with Crippen molar-refractivity contribution in [2.45, 2.75) is 38.0 Å². The lowest BCUT2D eigenvalue weighted by atomic mass is 10.1. The van der Waals surface area contributed by atoms with E-state index in [-0.39, 0.29) is 5.91 Å². The quantitative estimate of drug-likeness (QED) is 0.667. The maximum Gasteiger partial charge on any atom is 0.264 e. The van der Waals surface area contributed by atoms with Crippen molar-refractivity contribution in [2.75, 3.05) is 13.1 Å². The monoisotopic (exact) mass is 363 g/mol. The summed E-state index contributed by atoms with van der Waals surface area (Å²) >= 11 is 1.54. The van der Waals surface area contributed by atoms with Gasteiger partial charge in [0.2, 0.25) is 0 Å². The highest BCUT2D eigenvalue weighted by atomic mass is 32.1. The smallest absolute Gasteiger partial charge is 0.264 e. The second-order valence-corrected chi connectivity index (χ2v) is 8.25. The molecule has 3 aromatic rings. The number of carbonyl (C=O) groups excluding carboxylic acids is 1. The van der Waals surface area contributed by atoms with Gasteiger partial charge in [-0.15, -0.1) is 11.3 Å². The fraction of sp³-hybridized carbons (Fsp3) is 0.381. The van der Waals surface area contributed by atoms with Gasteiger partial charge >= 0.3 is 0 Å². The van der Waals surface area contributed by atoms with Crippen LogP contribution in [-0.2, 0) is 0 Å². The van der Waals surface area contributed by atoms with Crippen LogP contribution >= 0.6 is 11.3 Å². The van der Waals surface area contributed by atoms with Crippen LogP contribution < -0.4 is 0 Å². The molecule has 1 aromatic carbocycles. The Morgan fingerprint density at radius 1 is 1.08 bits per heavy atom. The fourth-order valence-electron chi connectivity index (χ4n) is 3.79. The number of carbonyl (C=O) groups is 1. The van der Waals surface area contributed by atoms with Crippen LogP contribution in [0.4, 0.5) is 0 Å². The Morgan fingerprint density at radius 2 is 1.85 bits per heavy atom. The molecule has 1 aliphatic heterocycles. The van der Waals surface area contributed by atoms with Crippen molar-refractivity contribution in [3.8, 4) is 11.3 Å². The highest BCUT2D eigenvalue weighted by Crippen LogP contribution is 2.47. The van der Waals surface area contributed by atoms with E-state index in [1.165, 1.54) is 17.8 Å². The molecule has 0 N–H and O–H groups in total. The SMILES string of the molecule is O=C(c1sc2nc(-c3ccccc3)cnc2c1C1CC1)N1CCCCC1. The molecule has 5 rings (SSSR count). The normalized spacial score (nSPS) is 17.6. The van der Waals surface area contributed by atoms with Crippen LogP contribution in [0.2, 0.25) is 0 Å². The summed E-state index contributed by atoms with van der Waals surface area (Å²) in [6.07, 6.45) is 7.64. The second-order valence-electron chi connectivity index (χ2n) is 7.25. The highest BCUT2D eigenvalue weighted by molar-refractivity contribution is 7.20. The molecule has 2 aliphatic rings. The van der Waals surface area contributed by atoms with Crippen molar-refractivity contribution in [2.24, 2.45) is 0 Å². The van der Waals surface area contributed by atoms with E-state index in [2.05, 4.69) is 0 Å². The van der Waals surface area contributed by atoms with Crippen molar-refractivity contribution in [3.63, 3.8) is 0 Å². The van der Waals surface area contributed by atoms with Crippen LogP contribution in [0.5, 0.6) is 0 Å². The summed E-state index contributed by atoms with van der Waals surface area (Å²) in [7, 11) is 0. The molecule has 132 valence electrons. The first-order valence-corrected chi connectivity index (χ1v) is 10.3. The number of nitrogens with zero attached hydrogens (tertiary/aromatic N) is 3. The molecule has 5 heteroatoms. The predicted molar refractivity (Wildman–Crippen MR) is 105 cm³/mol. The number of amides is 1. The van der Waals surface area contributed by atoms with Gasteiger partial charge < -0.3 is 4.90 Å². The maximum atomic E-state index is 13.2. The van der Waals surface area contributed by atoms with Crippen LogP contribution in [0.1, 0.15) is 53.3 Å². The van der Waals surface area contributed by atoms with E-state index in [1.807, 2.05) is 41.4 Å². The van der Waals surface area contributed by atoms with Crippen molar-refractivity contribution in [3.05, 3.63) is 47.0 Å². The molecule has 0 spiro atoms. The van der Waals surface area contributed by atoms with Gasteiger partial charge in [0.05, 0.1) is 16.8 Å². The zero-order chi connectivity index (χ0) is 17.5. The molecule has 0 radical (unpaired) electrons. The van der Waals surface area contributed by atoms with E-state index in [4.69, 9.17) is 9.97 Å². The minimum Gasteiger partial charge on any atom is -0.338 e. The molecule has 26 heavy (non-hydrogen) atoms. The van der Waals surface area contributed by atoms with Crippen LogP contribution in [0.3, 0.4) is 0 Å². The zero-order valence-corrected chi connectivity index (χ0v) is 15.5. The third-order valence-corrected chi connectivity index (χ3v) is 6.41. The first-order chi connectivity index (χ1) is 12.8. The van der Waals surface area contributed by atoms with E-state index in [9.17, 15) is 4.79 Å². The fourth-order valence-corrected chi connectivity index (χ4v) is 4.97. The van der Waals surface area contributed by atoms with Crippen molar-refractivity contribution < 1.29 is 4.79 Å². The first kappa shape index (κ1) is 15.9. The average Bonchev–Trinajstić information content (AvgIpc) is 3.48. The Kier molecular flexibility index (Phi) is 3.97. The Hall–Kier alpha value is -2.27. The molecule has 1 saturated heterocycles. The molecule has 0 unspecified atom stereocenters. The summed E-state index contributed by atoms with van der Waals surface area (Å²) in [4.78, 5) is 26.6. The molecule has 1 saturated carbocycles. The first-order valence-electron chi connectivity index (χ1n) is 9.45. The lowest BCUT2D eigenvalue weighted by Crippen LogP contribution is -2.35. The van der Waals surface area contributed by atoms with Gasteiger partial charge in [-0.2, -0.15) is 0 Å². The van der Waals surface area contributed by atoms with Crippen LogP contribution in [-0.4, -0.2) is 33.9 Å². The van der Waals surface area contributed by atoms with E-state index in [0.29, 0.717) is 5.92 Å². The standard InChI is InChI=1S/C21H21N3OS/c25-21(24-11-5-2-6-12-24)19-17(15-9-10-15)18-20(26-19)23-16(13-22-18)14-7-3-1-4-8-14/h1,3-4,7-8,13,15H,2,5-6,9-12H2. The molecular formula is C21H21N3OS. The summed E-state index contributed by atoms with van der Waals surface area (Å²) in [6.45, 7) is 1.76. The minimum absolute atomic E-state index is 0.192. The molecule has 4 nitrogen and oxygen atoms in total. The van der Waals surface area contributed by atoms with Gasteiger partial charge in [0.15, 0.2) is 0 Å². The van der Waals surface area contributed by atoms with Gasteiger partial charge in [-0.25, -0.2) is 4.98 Å². The second kappa shape index (κ2) is 6.47. The Morgan fingerprint density at radius 3 is 2.58 bits per heavy atom. The van der Waals surface area contributed by atoms with Crippen LogP contribution in [0.15, 0.2) is 36.5 Å². The number of benzene rings is 1. The molecule has 0 bridgehead atoms. The third-order valence-electron chi connectivity index (χ3n) is 5.33. The van der Waals surface area contributed by atoms with Gasteiger partial charge in [-0.05, 0) is 38.0 Å². The van der Waals surface area contributed by atoms with Gasteiger partial charge in [0.25, 0.3) is 5.91 Å². The number of hydrogen-bond acceptors (Lipinski definition) is 4. The van der Waals surface area contributed by atoms with Crippen molar-refractivity contribution in [1.82, 2.24) is 14.9 Å². The maximum absolute atomic E-state index is 13.2. The lowest BCUT2D eigenvalue weighted by molar-refractivity contribution is 0.0728. The predicted octanol–water partition coefficient (Wildman–Crippen LogP) is 4.86. The molecule has 1 aliphatic carbocycles. The number of rotatable bonds is 3. The van der Waals surface area contributed by atoms with Gasteiger partial charge in [-0.1, -0.05) is 30.3 Å². The Balaban J connectivity index is 1.59. The number of piperidine rings is 1. The van der Waals surface area contributed by atoms with Crippen molar-refractivity contribution in [1.29, 1.82) is 0 Å². The summed E-state index contributed by atoms with van der Waals surface area (Å²) in [5.74, 6) is 0.682. The number of fused-ring (bicyclic) bond motifs is 1. The Bertz CT molecular complexity index is 956. The molecule has 2 fully saturated rings. The molecule has 2 aromatic heterocycles. The average molecular weight is 363 g/mol. The van der Waals surface area contributed by atoms with Gasteiger partial charge in [-0.3, -0.25) is 9.78 Å². The molecular weight excluding hydrogens is 342 g/mol. The lowest BCUT2D eigenvalue weighted by Gasteiger charge is -2.26. The number of aromatic nitrogens is 2. The summed E-state index contributed by atoms with van der Waals surface area (Å²) < 4.78 is 0. The molecule has 3 heterocycles. The van der Waals surface area contributed by atoms with Gasteiger partial charge in [0.1, 0.15) is 10.3 Å². The van der Waals surface area contributed by atoms with E-state index in [1.54, 1.807) is 0 Å². The van der Waals surface area contributed by atoms with E-state index in [0.717, 1.165) is 70.8 Å². The van der Waals surface area contributed by atoms with E-state index < -0.39 is 0 Å². The number of thiophene rings is 1. The molecule has 1 amide bonds. The van der Waals surface area contributed by atoms with Crippen LogP contribution in [0.25, 0.3) is 21.6 Å². The van der Waals surface area contributed by atoms with E-state index >= 15 is 0 Å². The largest absolute Gasteiger partial charge is 0.338 e. The minimum atomic E-state index is 0.192. The van der Waals surface area contributed by atoms with Gasteiger partial charge in [0, 0.05) is 24.2 Å². The van der Waals surface area contributed by atoms with Crippen LogP contribution in [0, 0.1) is 0 Å². The number of likely N-dealkylation sites (tertiary alicyclic amines) is 1. The summed E-state index contributed by atoms with van der Waals surface area (Å²) in [5, 5.41) is 0. The topological polar surface area (TPSA) is 46.1 Å². The summed E-state index contributed by atoms with van der Waals surface area (Å²) in [6, 6.07) is 10.1. The third kappa shape index (κ3) is 2.80. The zero-order valence-electron chi connectivity index (χ0n) is 14.6. The number of hydrogen-bond donors (Lipinski definition) is 0. The molecule has 0 atom stereocenters. The van der Waals surface area contributed by atoms with Crippen molar-refractivity contribution >= 4 is 27.6 Å². The highest BCUT2D eigenvalue weighted by Gasteiger charge is 2.34. The Labute approximate surface area is 156 Å². The summed E-state index contributed by atoms with van der Waals surface area (Å²) in [5.41, 5.74) is 4.04.